The molecule has 2 atom stereocenters. The van der Waals surface area contributed by atoms with E-state index < -0.39 is 0 Å². The van der Waals surface area contributed by atoms with E-state index in [1.807, 2.05) is 0 Å². The number of halogens is 1. The Morgan fingerprint density at radius 1 is 1.25 bits per heavy atom. The molecule has 1 saturated carbocycles. The summed E-state index contributed by atoms with van der Waals surface area (Å²) < 4.78 is 5.54. The summed E-state index contributed by atoms with van der Waals surface area (Å²) in [4.78, 5) is 0. The van der Waals surface area contributed by atoms with Crippen molar-refractivity contribution in [1.82, 2.24) is 0 Å². The average molecular weight is 237 g/mol. The third kappa shape index (κ3) is 1.93. The van der Waals surface area contributed by atoms with Crippen molar-refractivity contribution in [1.29, 1.82) is 0 Å². The summed E-state index contributed by atoms with van der Waals surface area (Å²) in [7, 11) is 0. The molecule has 0 aromatic heterocycles. The van der Waals surface area contributed by atoms with Gasteiger partial charge in [-0.2, -0.15) is 0 Å². The van der Waals surface area contributed by atoms with Crippen LogP contribution < -0.4 is 4.74 Å². The Bertz CT molecular complexity index is 388. The molecule has 2 unspecified atom stereocenters. The van der Waals surface area contributed by atoms with Gasteiger partial charge in [0.1, 0.15) is 5.75 Å². The van der Waals surface area contributed by atoms with Crippen LogP contribution in [0.1, 0.15) is 42.7 Å². The van der Waals surface area contributed by atoms with E-state index in [0.29, 0.717) is 11.3 Å². The molecule has 86 valence electrons. The van der Waals surface area contributed by atoms with Crippen molar-refractivity contribution >= 4 is 11.6 Å². The van der Waals surface area contributed by atoms with E-state index in [9.17, 15) is 0 Å². The highest BCUT2D eigenvalue weighted by Gasteiger charge is 2.23. The van der Waals surface area contributed by atoms with Gasteiger partial charge in [0.2, 0.25) is 0 Å². The second-order valence-corrected chi connectivity index (χ2v) is 5.54. The van der Waals surface area contributed by atoms with Gasteiger partial charge in [-0.3, -0.25) is 0 Å². The molecule has 0 amide bonds. The Morgan fingerprint density at radius 2 is 2.19 bits per heavy atom. The normalized spacial score (nSPS) is 28.6. The number of ether oxygens (including phenoxy) is 1. The van der Waals surface area contributed by atoms with Crippen LogP contribution in [-0.2, 0) is 6.42 Å². The topological polar surface area (TPSA) is 9.23 Å². The lowest BCUT2D eigenvalue weighted by Gasteiger charge is -2.26. The smallest absolute Gasteiger partial charge is 0.122 e. The van der Waals surface area contributed by atoms with E-state index in [1.165, 1.54) is 30.4 Å². The Morgan fingerprint density at radius 3 is 3.06 bits per heavy atom. The zero-order valence-electron chi connectivity index (χ0n) is 9.42. The predicted octanol–water partition coefficient (Wildman–Crippen LogP) is 3.89. The Hall–Kier alpha value is -0.690. The number of benzene rings is 1. The molecule has 1 heterocycles. The Labute approximate surface area is 102 Å². The van der Waals surface area contributed by atoms with Gasteiger partial charge in [-0.1, -0.05) is 18.6 Å². The van der Waals surface area contributed by atoms with E-state index in [4.69, 9.17) is 16.3 Å². The zero-order valence-corrected chi connectivity index (χ0v) is 10.2. The van der Waals surface area contributed by atoms with Crippen LogP contribution in [0.5, 0.6) is 5.75 Å². The first kappa shape index (κ1) is 10.5. The largest absolute Gasteiger partial charge is 0.493 e. The minimum atomic E-state index is 0.378. The maximum Gasteiger partial charge on any atom is 0.122 e. The zero-order chi connectivity index (χ0) is 11.0. The minimum absolute atomic E-state index is 0.378. The van der Waals surface area contributed by atoms with Gasteiger partial charge in [-0.15, -0.1) is 11.6 Å². The van der Waals surface area contributed by atoms with Crippen LogP contribution in [0.3, 0.4) is 0 Å². The molecule has 1 nitrogen and oxygen atoms in total. The Kier molecular flexibility index (Phi) is 2.81. The van der Waals surface area contributed by atoms with Crippen molar-refractivity contribution in [3.05, 3.63) is 29.3 Å². The lowest BCUT2D eigenvalue weighted by atomic mass is 9.83. The number of hydrogen-bond donors (Lipinski definition) is 0. The van der Waals surface area contributed by atoms with Crippen LogP contribution in [0.4, 0.5) is 0 Å². The van der Waals surface area contributed by atoms with Gasteiger partial charge in [0, 0.05) is 11.8 Å². The third-order valence-electron chi connectivity index (χ3n) is 3.80. The van der Waals surface area contributed by atoms with Crippen LogP contribution in [-0.4, -0.2) is 12.0 Å². The molecule has 0 N–H and O–H groups in total. The van der Waals surface area contributed by atoms with Gasteiger partial charge < -0.3 is 4.74 Å². The summed E-state index contributed by atoms with van der Waals surface area (Å²) in [5.41, 5.74) is 2.85. The monoisotopic (exact) mass is 236 g/mol. The molecular weight excluding hydrogens is 220 g/mol. The highest BCUT2D eigenvalue weighted by atomic mass is 35.5. The summed E-state index contributed by atoms with van der Waals surface area (Å²) in [6.07, 6.45) is 5.96. The van der Waals surface area contributed by atoms with E-state index in [-0.39, 0.29) is 0 Å². The minimum Gasteiger partial charge on any atom is -0.493 e. The van der Waals surface area contributed by atoms with Crippen molar-refractivity contribution in [2.75, 3.05) is 6.61 Å². The maximum atomic E-state index is 6.25. The average Bonchev–Trinajstić information content (AvgIpc) is 2.75. The predicted molar refractivity (Wildman–Crippen MR) is 66.5 cm³/mol. The van der Waals surface area contributed by atoms with E-state index in [1.54, 1.807) is 0 Å². The van der Waals surface area contributed by atoms with Gasteiger partial charge in [0.15, 0.2) is 0 Å². The summed E-state index contributed by atoms with van der Waals surface area (Å²) in [5, 5.41) is 0.378. The summed E-state index contributed by atoms with van der Waals surface area (Å²) >= 11 is 6.25. The fraction of sp³-hybridized carbons (Fsp3) is 0.571. The van der Waals surface area contributed by atoms with Gasteiger partial charge >= 0.3 is 0 Å². The first-order chi connectivity index (χ1) is 7.83. The molecule has 3 rings (SSSR count). The second-order valence-electron chi connectivity index (χ2n) is 4.93. The molecule has 0 bridgehead atoms. The standard InChI is InChI=1S/C14H17ClO/c15-13-3-1-2-10(9-13)11-4-5-14-12(8-11)6-7-16-14/h4-5,8,10,13H,1-3,6-7,9H2. The van der Waals surface area contributed by atoms with Gasteiger partial charge in [0.05, 0.1) is 6.61 Å². The van der Waals surface area contributed by atoms with E-state index in [2.05, 4.69) is 18.2 Å². The van der Waals surface area contributed by atoms with Crippen LogP contribution in [0.15, 0.2) is 18.2 Å². The van der Waals surface area contributed by atoms with Gasteiger partial charge in [0.25, 0.3) is 0 Å². The molecule has 1 aliphatic carbocycles. The van der Waals surface area contributed by atoms with Crippen molar-refractivity contribution in [2.24, 2.45) is 0 Å². The van der Waals surface area contributed by atoms with Crippen LogP contribution in [0.2, 0.25) is 0 Å². The fourth-order valence-corrected chi connectivity index (χ4v) is 3.26. The maximum absolute atomic E-state index is 6.25. The van der Waals surface area contributed by atoms with Crippen molar-refractivity contribution in [3.8, 4) is 5.75 Å². The first-order valence-electron chi connectivity index (χ1n) is 6.22. The lowest BCUT2D eigenvalue weighted by molar-refractivity contribution is 0.356. The number of rotatable bonds is 1. The van der Waals surface area contributed by atoms with E-state index in [0.717, 1.165) is 25.2 Å². The number of fused-ring (bicyclic) bond motifs is 1. The Balaban J connectivity index is 1.83. The lowest BCUT2D eigenvalue weighted by Crippen LogP contribution is -2.13. The first-order valence-corrected chi connectivity index (χ1v) is 6.66. The molecule has 1 aromatic rings. The molecule has 1 aliphatic heterocycles. The van der Waals surface area contributed by atoms with Gasteiger partial charge in [-0.25, -0.2) is 0 Å². The highest BCUT2D eigenvalue weighted by Crippen LogP contribution is 2.37. The molecular formula is C14H17ClO. The molecule has 2 aliphatic rings. The fourth-order valence-electron chi connectivity index (χ4n) is 2.89. The second kappa shape index (κ2) is 4.29. The molecule has 1 aromatic carbocycles. The highest BCUT2D eigenvalue weighted by molar-refractivity contribution is 6.20. The summed E-state index contributed by atoms with van der Waals surface area (Å²) in [6.45, 7) is 0.849. The molecule has 0 saturated heterocycles. The SMILES string of the molecule is ClC1CCCC(c2ccc3c(c2)CCO3)C1. The van der Waals surface area contributed by atoms with Crippen molar-refractivity contribution in [2.45, 2.75) is 43.4 Å². The van der Waals surface area contributed by atoms with Crippen LogP contribution in [0.25, 0.3) is 0 Å². The van der Waals surface area contributed by atoms with E-state index >= 15 is 0 Å². The van der Waals surface area contributed by atoms with Gasteiger partial charge in [-0.05, 0) is 42.4 Å². The summed E-state index contributed by atoms with van der Waals surface area (Å²) in [5.74, 6) is 1.75. The summed E-state index contributed by atoms with van der Waals surface area (Å²) in [6, 6.07) is 6.70. The number of hydrogen-bond acceptors (Lipinski definition) is 1. The van der Waals surface area contributed by atoms with Crippen LogP contribution >= 0.6 is 11.6 Å². The molecule has 0 radical (unpaired) electrons. The number of alkyl halides is 1. The quantitative estimate of drug-likeness (QED) is 0.673. The molecule has 16 heavy (non-hydrogen) atoms. The van der Waals surface area contributed by atoms with Crippen molar-refractivity contribution in [3.63, 3.8) is 0 Å². The molecule has 0 spiro atoms. The molecule has 1 fully saturated rings. The third-order valence-corrected chi connectivity index (χ3v) is 4.19. The van der Waals surface area contributed by atoms with Crippen molar-refractivity contribution < 1.29 is 4.74 Å². The van der Waals surface area contributed by atoms with Crippen LogP contribution in [0, 0.1) is 0 Å². The molecule has 2 heteroatoms.